The Balaban J connectivity index is 2.08. The molecule has 0 aliphatic heterocycles. The van der Waals surface area contributed by atoms with E-state index in [9.17, 15) is 0 Å². The normalized spacial score (nSPS) is 11.7. The van der Waals surface area contributed by atoms with Crippen LogP contribution >= 0.6 is 0 Å². The smallest absolute Gasteiger partial charge is 0.126 e. The van der Waals surface area contributed by atoms with Crippen LogP contribution in [0.2, 0.25) is 0 Å². The Labute approximate surface area is 94.6 Å². The Hall–Kier alpha value is -2.03. The number of nitrogens with two attached hydrogens (primary N) is 1. The first-order valence-electron chi connectivity index (χ1n) is 5.16. The van der Waals surface area contributed by atoms with Crippen LogP contribution < -0.4 is 5.73 Å². The number of aliphatic imine (C=N–C) groups is 1. The van der Waals surface area contributed by atoms with Crippen LogP contribution in [0.4, 0.5) is 0 Å². The van der Waals surface area contributed by atoms with Crippen LogP contribution in [-0.2, 0) is 6.54 Å². The van der Waals surface area contributed by atoms with Gasteiger partial charge in [0.15, 0.2) is 0 Å². The van der Waals surface area contributed by atoms with Crippen LogP contribution in [-0.4, -0.2) is 5.84 Å². The summed E-state index contributed by atoms with van der Waals surface area (Å²) >= 11 is 0. The number of furan rings is 1. The van der Waals surface area contributed by atoms with Crippen molar-refractivity contribution in [3.63, 3.8) is 0 Å². The maximum absolute atomic E-state index is 5.86. The highest BCUT2D eigenvalue weighted by Gasteiger charge is 1.99. The van der Waals surface area contributed by atoms with Gasteiger partial charge in [0.25, 0.3) is 0 Å². The van der Waals surface area contributed by atoms with Crippen LogP contribution in [0.5, 0.6) is 0 Å². The highest BCUT2D eigenvalue weighted by molar-refractivity contribution is 5.97. The van der Waals surface area contributed by atoms with E-state index in [0.717, 1.165) is 17.1 Å². The number of aryl methyl sites for hydroxylation is 1. The number of hydrogen-bond donors (Lipinski definition) is 1. The van der Waals surface area contributed by atoms with Gasteiger partial charge < -0.3 is 10.2 Å². The van der Waals surface area contributed by atoms with Gasteiger partial charge in [0.2, 0.25) is 0 Å². The number of rotatable bonds is 3. The zero-order chi connectivity index (χ0) is 11.4. The molecule has 0 aliphatic rings. The van der Waals surface area contributed by atoms with Crippen molar-refractivity contribution in [1.82, 2.24) is 0 Å². The molecule has 0 bridgehead atoms. The monoisotopic (exact) mass is 214 g/mol. The molecule has 0 saturated heterocycles. The third kappa shape index (κ3) is 2.51. The Bertz CT molecular complexity index is 486. The molecule has 2 rings (SSSR count). The highest BCUT2D eigenvalue weighted by Crippen LogP contribution is 2.08. The molecule has 3 heteroatoms. The van der Waals surface area contributed by atoms with E-state index in [1.165, 1.54) is 0 Å². The molecule has 1 heterocycles. The summed E-state index contributed by atoms with van der Waals surface area (Å²) in [7, 11) is 0. The molecule has 3 nitrogen and oxygen atoms in total. The van der Waals surface area contributed by atoms with E-state index in [-0.39, 0.29) is 0 Å². The Morgan fingerprint density at radius 3 is 2.56 bits per heavy atom. The minimum absolute atomic E-state index is 0.481. The molecule has 82 valence electrons. The van der Waals surface area contributed by atoms with Crippen molar-refractivity contribution >= 4 is 5.84 Å². The van der Waals surface area contributed by atoms with Crippen molar-refractivity contribution in [2.45, 2.75) is 13.5 Å². The Morgan fingerprint density at radius 2 is 1.94 bits per heavy atom. The van der Waals surface area contributed by atoms with E-state index < -0.39 is 0 Å². The zero-order valence-electron chi connectivity index (χ0n) is 9.18. The molecule has 0 spiro atoms. The number of nitrogens with zero attached hydrogens (tertiary/aromatic N) is 1. The lowest BCUT2D eigenvalue weighted by atomic mass is 10.2. The largest absolute Gasteiger partial charge is 0.464 e. The molecule has 0 radical (unpaired) electrons. The van der Waals surface area contributed by atoms with Crippen LogP contribution in [0.1, 0.15) is 17.1 Å². The van der Waals surface area contributed by atoms with Crippen molar-refractivity contribution < 1.29 is 4.42 Å². The van der Waals surface area contributed by atoms with Gasteiger partial charge in [0.1, 0.15) is 17.4 Å². The van der Waals surface area contributed by atoms with E-state index in [0.29, 0.717) is 12.4 Å². The van der Waals surface area contributed by atoms with E-state index >= 15 is 0 Å². The quantitative estimate of drug-likeness (QED) is 0.630. The zero-order valence-corrected chi connectivity index (χ0v) is 9.18. The molecule has 16 heavy (non-hydrogen) atoms. The molecular weight excluding hydrogens is 200 g/mol. The first kappa shape index (κ1) is 10.5. The van der Waals surface area contributed by atoms with Crippen molar-refractivity contribution in [3.8, 4) is 0 Å². The minimum atomic E-state index is 0.481. The van der Waals surface area contributed by atoms with Gasteiger partial charge in [-0.3, -0.25) is 4.99 Å². The van der Waals surface area contributed by atoms with Gasteiger partial charge in [0, 0.05) is 5.56 Å². The maximum Gasteiger partial charge on any atom is 0.126 e. The van der Waals surface area contributed by atoms with E-state index in [1.54, 1.807) is 0 Å². The molecule has 0 atom stereocenters. The van der Waals surface area contributed by atoms with Crippen LogP contribution in [0.15, 0.2) is 51.9 Å². The predicted molar refractivity (Wildman–Crippen MR) is 64.3 cm³/mol. The van der Waals surface area contributed by atoms with Crippen LogP contribution in [0.25, 0.3) is 0 Å². The maximum atomic E-state index is 5.86. The fourth-order valence-electron chi connectivity index (χ4n) is 1.43. The van der Waals surface area contributed by atoms with Gasteiger partial charge in [-0.05, 0) is 19.1 Å². The summed E-state index contributed by atoms with van der Waals surface area (Å²) in [5.74, 6) is 2.26. The fourth-order valence-corrected chi connectivity index (χ4v) is 1.43. The molecule has 1 aromatic heterocycles. The molecule has 2 aromatic rings. The standard InChI is InChI=1S/C13H14N2O/c1-10-7-8-12(16-10)9-15-13(14)11-5-3-2-4-6-11/h2-8H,9H2,1H3,(H2,14,15). The molecule has 0 aliphatic carbocycles. The van der Waals surface area contributed by atoms with E-state index in [1.807, 2.05) is 49.4 Å². The summed E-state index contributed by atoms with van der Waals surface area (Å²) in [5.41, 5.74) is 6.79. The van der Waals surface area contributed by atoms with E-state index in [4.69, 9.17) is 10.2 Å². The Morgan fingerprint density at radius 1 is 1.19 bits per heavy atom. The lowest BCUT2D eigenvalue weighted by Gasteiger charge is -1.99. The summed E-state index contributed by atoms with van der Waals surface area (Å²) in [5, 5.41) is 0. The number of amidine groups is 1. The topological polar surface area (TPSA) is 51.5 Å². The second-order valence-corrected chi connectivity index (χ2v) is 3.58. The van der Waals surface area contributed by atoms with Crippen molar-refractivity contribution in [2.24, 2.45) is 10.7 Å². The summed E-state index contributed by atoms with van der Waals surface area (Å²) < 4.78 is 5.41. The lowest BCUT2D eigenvalue weighted by molar-refractivity contribution is 0.486. The molecular formula is C13H14N2O. The fraction of sp³-hybridized carbons (Fsp3) is 0.154. The Kier molecular flexibility index (Phi) is 3.05. The summed E-state index contributed by atoms with van der Waals surface area (Å²) in [6, 6.07) is 13.5. The molecule has 0 unspecified atom stereocenters. The average Bonchev–Trinajstić information content (AvgIpc) is 2.73. The number of benzene rings is 1. The van der Waals surface area contributed by atoms with Crippen LogP contribution in [0.3, 0.4) is 0 Å². The molecule has 0 saturated carbocycles. The van der Waals surface area contributed by atoms with E-state index in [2.05, 4.69) is 4.99 Å². The van der Waals surface area contributed by atoms with Crippen molar-refractivity contribution in [1.29, 1.82) is 0 Å². The van der Waals surface area contributed by atoms with Gasteiger partial charge in [-0.1, -0.05) is 30.3 Å². The van der Waals surface area contributed by atoms with Crippen molar-refractivity contribution in [2.75, 3.05) is 0 Å². The molecule has 0 amide bonds. The first-order chi connectivity index (χ1) is 7.75. The molecule has 1 aromatic carbocycles. The summed E-state index contributed by atoms with van der Waals surface area (Å²) in [4.78, 5) is 4.28. The molecule has 2 N–H and O–H groups in total. The lowest BCUT2D eigenvalue weighted by Crippen LogP contribution is -2.13. The first-order valence-corrected chi connectivity index (χ1v) is 5.16. The third-order valence-corrected chi connectivity index (χ3v) is 2.27. The second kappa shape index (κ2) is 4.66. The predicted octanol–water partition coefficient (Wildman–Crippen LogP) is 2.49. The average molecular weight is 214 g/mol. The summed E-state index contributed by atoms with van der Waals surface area (Å²) in [6.07, 6.45) is 0. The highest BCUT2D eigenvalue weighted by atomic mass is 16.3. The molecule has 0 fully saturated rings. The third-order valence-electron chi connectivity index (χ3n) is 2.27. The van der Waals surface area contributed by atoms with Gasteiger partial charge in [-0.2, -0.15) is 0 Å². The van der Waals surface area contributed by atoms with Gasteiger partial charge in [-0.25, -0.2) is 0 Å². The second-order valence-electron chi connectivity index (χ2n) is 3.58. The summed E-state index contributed by atoms with van der Waals surface area (Å²) in [6.45, 7) is 2.39. The van der Waals surface area contributed by atoms with Gasteiger partial charge in [-0.15, -0.1) is 0 Å². The van der Waals surface area contributed by atoms with Gasteiger partial charge in [0.05, 0.1) is 6.54 Å². The van der Waals surface area contributed by atoms with Crippen molar-refractivity contribution in [3.05, 3.63) is 59.5 Å². The number of hydrogen-bond acceptors (Lipinski definition) is 2. The van der Waals surface area contributed by atoms with Crippen LogP contribution in [0, 0.1) is 6.92 Å². The SMILES string of the molecule is Cc1ccc(CN=C(N)c2ccccc2)o1. The van der Waals surface area contributed by atoms with Gasteiger partial charge >= 0.3 is 0 Å². The minimum Gasteiger partial charge on any atom is -0.464 e.